The topological polar surface area (TPSA) is 74.8 Å². The third-order valence-electron chi connectivity index (χ3n) is 5.79. The molecule has 0 spiro atoms. The molecule has 0 amide bonds. The standard InChI is InChI=1S/C24H29FN4O3S/c25-22-9-10-23(21-8-4-11-26-24(21)22)33(30,31)27-12-14-29-17-15-28(16-18-29)13-5-19-32-20-6-2-1-3-7-20/h1-4,6-11,27H,5,12-19H2. The van der Waals surface area contributed by atoms with Gasteiger partial charge in [-0.25, -0.2) is 17.5 Å². The van der Waals surface area contributed by atoms with Crippen LogP contribution < -0.4 is 9.46 Å². The zero-order valence-electron chi connectivity index (χ0n) is 18.5. The van der Waals surface area contributed by atoms with Gasteiger partial charge in [0, 0.05) is 57.4 Å². The molecule has 1 fully saturated rings. The second-order valence-electron chi connectivity index (χ2n) is 8.04. The fraction of sp³-hybridized carbons (Fsp3) is 0.375. The Labute approximate surface area is 194 Å². The van der Waals surface area contributed by atoms with Crippen LogP contribution in [-0.2, 0) is 10.0 Å². The van der Waals surface area contributed by atoms with Crippen LogP contribution in [0.25, 0.3) is 10.9 Å². The van der Waals surface area contributed by atoms with E-state index in [1.54, 1.807) is 12.1 Å². The highest BCUT2D eigenvalue weighted by Crippen LogP contribution is 2.23. The Morgan fingerprint density at radius 1 is 0.939 bits per heavy atom. The van der Waals surface area contributed by atoms with Gasteiger partial charge in [0.1, 0.15) is 17.1 Å². The van der Waals surface area contributed by atoms with Crippen molar-refractivity contribution in [3.05, 3.63) is 66.6 Å². The number of pyridine rings is 1. The van der Waals surface area contributed by atoms with Gasteiger partial charge in [0.2, 0.25) is 10.0 Å². The van der Waals surface area contributed by atoms with E-state index in [2.05, 4.69) is 19.5 Å². The summed E-state index contributed by atoms with van der Waals surface area (Å²) in [6.45, 7) is 6.29. The third-order valence-corrected chi connectivity index (χ3v) is 7.30. The van der Waals surface area contributed by atoms with E-state index in [4.69, 9.17) is 4.74 Å². The molecule has 2 aromatic carbocycles. The number of aromatic nitrogens is 1. The van der Waals surface area contributed by atoms with Gasteiger partial charge in [-0.1, -0.05) is 18.2 Å². The highest BCUT2D eigenvalue weighted by Gasteiger charge is 2.21. The van der Waals surface area contributed by atoms with Crippen molar-refractivity contribution in [3.8, 4) is 5.75 Å². The summed E-state index contributed by atoms with van der Waals surface area (Å²) < 4.78 is 48.0. The van der Waals surface area contributed by atoms with Crippen molar-refractivity contribution >= 4 is 20.9 Å². The molecule has 1 saturated heterocycles. The smallest absolute Gasteiger partial charge is 0.241 e. The monoisotopic (exact) mass is 472 g/mol. The van der Waals surface area contributed by atoms with Crippen molar-refractivity contribution in [1.82, 2.24) is 19.5 Å². The zero-order valence-corrected chi connectivity index (χ0v) is 19.3. The molecular formula is C24H29FN4O3S. The number of benzene rings is 2. The molecule has 0 saturated carbocycles. The molecule has 3 aromatic rings. The quantitative estimate of drug-likeness (QED) is 0.458. The molecule has 9 heteroatoms. The number of fused-ring (bicyclic) bond motifs is 1. The predicted molar refractivity (Wildman–Crippen MR) is 126 cm³/mol. The van der Waals surface area contributed by atoms with Crippen LogP contribution in [0.1, 0.15) is 6.42 Å². The number of halogens is 1. The number of piperazine rings is 1. The van der Waals surface area contributed by atoms with E-state index in [0.717, 1.165) is 51.0 Å². The molecule has 2 heterocycles. The van der Waals surface area contributed by atoms with Crippen molar-refractivity contribution in [1.29, 1.82) is 0 Å². The number of ether oxygens (including phenoxy) is 1. The SMILES string of the molecule is O=S(=O)(NCCN1CCN(CCCOc2ccccc2)CC1)c1ccc(F)c2ncccc12. The summed E-state index contributed by atoms with van der Waals surface area (Å²) in [5, 5.41) is 0.287. The van der Waals surface area contributed by atoms with Gasteiger partial charge in [0.25, 0.3) is 0 Å². The number of sulfonamides is 1. The normalized spacial score (nSPS) is 15.7. The largest absolute Gasteiger partial charge is 0.494 e. The Balaban J connectivity index is 1.19. The average Bonchev–Trinajstić information content (AvgIpc) is 2.83. The van der Waals surface area contributed by atoms with Crippen molar-refractivity contribution in [2.75, 3.05) is 52.4 Å². The number of rotatable bonds is 10. The third kappa shape index (κ3) is 6.26. The molecule has 1 aliphatic heterocycles. The van der Waals surface area contributed by atoms with Crippen LogP contribution in [-0.4, -0.2) is 75.6 Å². The highest BCUT2D eigenvalue weighted by molar-refractivity contribution is 7.89. The first kappa shape index (κ1) is 23.6. The summed E-state index contributed by atoms with van der Waals surface area (Å²) in [6, 6.07) is 15.4. The van der Waals surface area contributed by atoms with Gasteiger partial charge in [0.05, 0.1) is 11.5 Å². The minimum Gasteiger partial charge on any atom is -0.494 e. The minimum absolute atomic E-state index is 0.0505. The predicted octanol–water partition coefficient (Wildman–Crippen LogP) is 2.74. The molecule has 33 heavy (non-hydrogen) atoms. The van der Waals surface area contributed by atoms with Crippen molar-refractivity contribution in [2.24, 2.45) is 0 Å². The maximum Gasteiger partial charge on any atom is 0.241 e. The van der Waals surface area contributed by atoms with Gasteiger partial charge in [-0.05, 0) is 42.8 Å². The van der Waals surface area contributed by atoms with E-state index in [1.807, 2.05) is 30.3 Å². The molecular weight excluding hydrogens is 443 g/mol. The molecule has 0 unspecified atom stereocenters. The number of nitrogens with zero attached hydrogens (tertiary/aromatic N) is 3. The maximum atomic E-state index is 14.0. The fourth-order valence-electron chi connectivity index (χ4n) is 3.99. The highest BCUT2D eigenvalue weighted by atomic mass is 32.2. The zero-order chi connectivity index (χ0) is 23.1. The van der Waals surface area contributed by atoms with Gasteiger partial charge >= 0.3 is 0 Å². The second-order valence-corrected chi connectivity index (χ2v) is 9.78. The Morgan fingerprint density at radius 2 is 1.67 bits per heavy atom. The maximum absolute atomic E-state index is 14.0. The first-order chi connectivity index (χ1) is 16.0. The number of para-hydroxylation sites is 1. The van der Waals surface area contributed by atoms with Crippen molar-refractivity contribution < 1.29 is 17.5 Å². The van der Waals surface area contributed by atoms with Crippen LogP contribution in [0.4, 0.5) is 4.39 Å². The van der Waals surface area contributed by atoms with E-state index in [0.29, 0.717) is 19.7 Å². The van der Waals surface area contributed by atoms with Crippen LogP contribution in [0.15, 0.2) is 65.7 Å². The van der Waals surface area contributed by atoms with E-state index in [1.165, 1.54) is 12.3 Å². The lowest BCUT2D eigenvalue weighted by Crippen LogP contribution is -2.48. The Hall–Kier alpha value is -2.59. The number of hydrogen-bond donors (Lipinski definition) is 1. The molecule has 0 bridgehead atoms. The average molecular weight is 473 g/mol. The Kier molecular flexibility index (Phi) is 7.87. The summed E-state index contributed by atoms with van der Waals surface area (Å²) >= 11 is 0. The van der Waals surface area contributed by atoms with Gasteiger partial charge in [0.15, 0.2) is 0 Å². The second kappa shape index (κ2) is 11.0. The van der Waals surface area contributed by atoms with Crippen LogP contribution in [0.3, 0.4) is 0 Å². The van der Waals surface area contributed by atoms with Crippen LogP contribution in [0.5, 0.6) is 5.75 Å². The van der Waals surface area contributed by atoms with Crippen LogP contribution in [0.2, 0.25) is 0 Å². The summed E-state index contributed by atoms with van der Waals surface area (Å²) in [4.78, 5) is 8.68. The fourth-order valence-corrected chi connectivity index (χ4v) is 5.21. The first-order valence-electron chi connectivity index (χ1n) is 11.2. The lowest BCUT2D eigenvalue weighted by atomic mass is 10.2. The van der Waals surface area contributed by atoms with E-state index in [9.17, 15) is 12.8 Å². The summed E-state index contributed by atoms with van der Waals surface area (Å²) in [6.07, 6.45) is 2.42. The molecule has 176 valence electrons. The molecule has 1 aliphatic rings. The lowest BCUT2D eigenvalue weighted by Gasteiger charge is -2.34. The van der Waals surface area contributed by atoms with E-state index in [-0.39, 0.29) is 15.8 Å². The van der Waals surface area contributed by atoms with Gasteiger partial charge in [-0.2, -0.15) is 0 Å². The summed E-state index contributed by atoms with van der Waals surface area (Å²) in [7, 11) is -3.76. The number of nitrogens with one attached hydrogen (secondary N) is 1. The molecule has 1 N–H and O–H groups in total. The van der Waals surface area contributed by atoms with Crippen LogP contribution >= 0.6 is 0 Å². The number of hydrogen-bond acceptors (Lipinski definition) is 6. The van der Waals surface area contributed by atoms with Gasteiger partial charge in [-0.15, -0.1) is 0 Å². The van der Waals surface area contributed by atoms with Gasteiger partial charge in [-0.3, -0.25) is 9.88 Å². The Morgan fingerprint density at radius 3 is 2.42 bits per heavy atom. The summed E-state index contributed by atoms with van der Waals surface area (Å²) in [5.41, 5.74) is 0.0608. The molecule has 1 aromatic heterocycles. The lowest BCUT2D eigenvalue weighted by molar-refractivity contribution is 0.128. The van der Waals surface area contributed by atoms with Crippen molar-refractivity contribution in [3.63, 3.8) is 0 Å². The Bertz CT molecular complexity index is 1150. The molecule has 7 nitrogen and oxygen atoms in total. The van der Waals surface area contributed by atoms with E-state index < -0.39 is 15.8 Å². The summed E-state index contributed by atoms with van der Waals surface area (Å²) in [5.74, 6) is 0.365. The minimum atomic E-state index is -3.76. The van der Waals surface area contributed by atoms with E-state index >= 15 is 0 Å². The molecule has 0 aliphatic carbocycles. The molecule has 4 rings (SSSR count). The molecule has 0 atom stereocenters. The molecule has 0 radical (unpaired) electrons. The van der Waals surface area contributed by atoms with Crippen molar-refractivity contribution in [2.45, 2.75) is 11.3 Å². The van der Waals surface area contributed by atoms with Gasteiger partial charge < -0.3 is 9.64 Å². The first-order valence-corrected chi connectivity index (χ1v) is 12.7. The van der Waals surface area contributed by atoms with Crippen LogP contribution in [0, 0.1) is 5.82 Å².